The molecule has 0 saturated carbocycles. The van der Waals surface area contributed by atoms with Gasteiger partial charge in [-0.3, -0.25) is 29.0 Å². The normalized spacial score (nSPS) is 15.9. The molecule has 0 atom stereocenters. The zero-order chi connectivity index (χ0) is 41.1. The number of nitrogens with zero attached hydrogens (tertiary/aromatic N) is 2. The zero-order valence-corrected chi connectivity index (χ0v) is 35.6. The van der Waals surface area contributed by atoms with E-state index < -0.39 is 0 Å². The molecule has 0 saturated heterocycles. The molecule has 3 rings (SSSR count). The number of hydrogen-bond donors (Lipinski definition) is 4. The van der Waals surface area contributed by atoms with Crippen LogP contribution in [0, 0.1) is 0 Å². The number of halogens is 1. The van der Waals surface area contributed by atoms with Gasteiger partial charge in [-0.1, -0.05) is 54.8 Å². The van der Waals surface area contributed by atoms with Crippen molar-refractivity contribution in [2.45, 2.75) is 39.5 Å². The first-order valence-corrected chi connectivity index (χ1v) is 21.3. The molecule has 0 fully saturated rings. The maximum absolute atomic E-state index is 13.7. The fraction of sp³-hybridized carbons (Fsp3) is 0.610. The Hall–Kier alpha value is -3.80. The number of alkyl halides is 1. The van der Waals surface area contributed by atoms with Crippen molar-refractivity contribution in [1.82, 2.24) is 31.1 Å². The van der Waals surface area contributed by atoms with E-state index in [-0.39, 0.29) is 70.5 Å². The molecule has 0 aliphatic carbocycles. The number of nitrogens with one attached hydrogen (secondary N) is 4. The van der Waals surface area contributed by atoms with Gasteiger partial charge in [-0.25, -0.2) is 0 Å². The molecule has 16 heteroatoms. The van der Waals surface area contributed by atoms with Gasteiger partial charge in [0.15, 0.2) is 0 Å². The Bertz CT molecular complexity index is 1420. The van der Waals surface area contributed by atoms with Crippen LogP contribution in [0.2, 0.25) is 0 Å². The van der Waals surface area contributed by atoms with E-state index in [9.17, 15) is 19.2 Å². The highest BCUT2D eigenvalue weighted by atomic mass is 79.9. The molecular weight excluding hydrogens is 800 g/mol. The molecular formula is C41H63BrN6O9. The highest BCUT2D eigenvalue weighted by Crippen LogP contribution is 2.26. The van der Waals surface area contributed by atoms with Crippen LogP contribution in [-0.4, -0.2) is 158 Å². The number of para-hydroxylation sites is 2. The molecule has 0 spiro atoms. The number of carbonyl (C=O) groups excluding carboxylic acids is 4. The van der Waals surface area contributed by atoms with Crippen molar-refractivity contribution in [3.05, 3.63) is 58.7 Å². The van der Waals surface area contributed by atoms with Crippen LogP contribution in [0.5, 0.6) is 11.5 Å². The van der Waals surface area contributed by atoms with Gasteiger partial charge in [0.05, 0.1) is 68.5 Å². The van der Waals surface area contributed by atoms with E-state index in [2.05, 4.69) is 47.0 Å². The SMILES string of the molecule is CCCCOc1c2cccc1C(=O)NCCN(CCOCCOCCOC)CCNC(=O)c1cccc(c1OCCCC)C(=O)NCCN(CCBr)CCNC2=O. The van der Waals surface area contributed by atoms with E-state index in [0.717, 1.165) is 25.7 Å². The minimum Gasteiger partial charge on any atom is -0.492 e. The Balaban J connectivity index is 1.87. The third-order valence-electron chi connectivity index (χ3n) is 9.11. The molecule has 1 heterocycles. The number of hydrogen-bond acceptors (Lipinski definition) is 11. The Labute approximate surface area is 346 Å². The number of benzene rings is 2. The van der Waals surface area contributed by atoms with Crippen LogP contribution in [0.15, 0.2) is 36.4 Å². The summed E-state index contributed by atoms with van der Waals surface area (Å²) in [6.07, 6.45) is 3.31. The smallest absolute Gasteiger partial charge is 0.255 e. The molecule has 15 nitrogen and oxygen atoms in total. The molecule has 318 valence electrons. The maximum Gasteiger partial charge on any atom is 0.255 e. The van der Waals surface area contributed by atoms with Gasteiger partial charge in [0.25, 0.3) is 23.6 Å². The van der Waals surface area contributed by atoms with E-state index in [0.29, 0.717) is 104 Å². The van der Waals surface area contributed by atoms with E-state index in [1.54, 1.807) is 43.5 Å². The molecule has 4 amide bonds. The molecule has 1 aliphatic heterocycles. The van der Waals surface area contributed by atoms with Crippen molar-refractivity contribution >= 4 is 39.6 Å². The van der Waals surface area contributed by atoms with Crippen molar-refractivity contribution in [3.8, 4) is 11.5 Å². The van der Waals surface area contributed by atoms with Gasteiger partial charge in [-0.2, -0.15) is 0 Å². The first-order chi connectivity index (χ1) is 27.8. The van der Waals surface area contributed by atoms with Crippen molar-refractivity contribution in [1.29, 1.82) is 0 Å². The molecule has 4 bridgehead atoms. The van der Waals surface area contributed by atoms with Gasteiger partial charge in [-0.05, 0) is 37.1 Å². The predicted molar refractivity (Wildman–Crippen MR) is 223 cm³/mol. The third kappa shape index (κ3) is 17.3. The van der Waals surface area contributed by atoms with Gasteiger partial charge in [-0.15, -0.1) is 0 Å². The Morgan fingerprint density at radius 3 is 1.28 bits per heavy atom. The van der Waals surface area contributed by atoms with Crippen molar-refractivity contribution in [2.24, 2.45) is 0 Å². The lowest BCUT2D eigenvalue weighted by Crippen LogP contribution is -2.41. The monoisotopic (exact) mass is 862 g/mol. The summed E-state index contributed by atoms with van der Waals surface area (Å²) in [6.45, 7) is 11.4. The van der Waals surface area contributed by atoms with Crippen LogP contribution in [-0.2, 0) is 14.2 Å². The van der Waals surface area contributed by atoms with Crippen LogP contribution in [0.4, 0.5) is 0 Å². The maximum atomic E-state index is 13.7. The minimum absolute atomic E-state index is 0.248. The Morgan fingerprint density at radius 1 is 0.544 bits per heavy atom. The second kappa shape index (κ2) is 28.6. The van der Waals surface area contributed by atoms with Gasteiger partial charge < -0.3 is 45.0 Å². The molecule has 2 aromatic rings. The highest BCUT2D eigenvalue weighted by molar-refractivity contribution is 9.09. The molecule has 0 aromatic heterocycles. The lowest BCUT2D eigenvalue weighted by atomic mass is 10.1. The van der Waals surface area contributed by atoms with Crippen molar-refractivity contribution in [2.75, 3.05) is 124 Å². The molecule has 4 N–H and O–H groups in total. The van der Waals surface area contributed by atoms with Gasteiger partial charge in [0.1, 0.15) is 11.5 Å². The molecule has 0 radical (unpaired) electrons. The number of unbranched alkanes of at least 4 members (excludes halogenated alkanes) is 2. The molecule has 0 unspecified atom stereocenters. The summed E-state index contributed by atoms with van der Waals surface area (Å²) in [4.78, 5) is 58.6. The number of methoxy groups -OCH3 is 1. The summed E-state index contributed by atoms with van der Waals surface area (Å²) in [6, 6.07) is 10.0. The predicted octanol–water partition coefficient (Wildman–Crippen LogP) is 3.36. The number of carbonyl (C=O) groups is 4. The number of fused-ring (bicyclic) bond motifs is 4. The fourth-order valence-corrected chi connectivity index (χ4v) is 6.38. The summed E-state index contributed by atoms with van der Waals surface area (Å²) in [5.74, 6) is -0.903. The summed E-state index contributed by atoms with van der Waals surface area (Å²) < 4.78 is 28.5. The van der Waals surface area contributed by atoms with E-state index >= 15 is 0 Å². The quantitative estimate of drug-likeness (QED) is 0.121. The fourth-order valence-electron chi connectivity index (χ4n) is 5.88. The first kappa shape index (κ1) is 47.6. The third-order valence-corrected chi connectivity index (χ3v) is 9.46. The van der Waals surface area contributed by atoms with Crippen molar-refractivity contribution in [3.63, 3.8) is 0 Å². The number of rotatable bonds is 19. The van der Waals surface area contributed by atoms with Crippen LogP contribution in [0.25, 0.3) is 0 Å². The molecule has 2 aromatic carbocycles. The van der Waals surface area contributed by atoms with Gasteiger partial charge >= 0.3 is 0 Å². The lowest BCUT2D eigenvalue weighted by molar-refractivity contribution is 0.0196. The van der Waals surface area contributed by atoms with Crippen LogP contribution < -0.4 is 30.7 Å². The minimum atomic E-state index is -0.357. The summed E-state index contributed by atoms with van der Waals surface area (Å²) in [7, 11) is 1.62. The Kier molecular flexibility index (Phi) is 23.9. The number of amides is 4. The molecule has 57 heavy (non-hydrogen) atoms. The van der Waals surface area contributed by atoms with E-state index in [4.69, 9.17) is 23.7 Å². The van der Waals surface area contributed by atoms with E-state index in [1.165, 1.54) is 0 Å². The second-order valence-corrected chi connectivity index (χ2v) is 14.2. The standard InChI is InChI=1S/C41H63BrN6O9/c1-4-6-25-56-36-32-10-8-12-34(36)40(51)45-17-22-48(24-27-54-30-31-55-29-28-53-3)23-18-46-41(52)35-13-9-11-33(37(35)57-26-7-5-2)39(50)44-16-21-47(19-14-42)20-15-43-38(32)49/h8-13H,4-7,14-31H2,1-3H3,(H,43,49)(H,44,50)(H,45,51)(H,46,52). The average Bonchev–Trinajstić information content (AvgIpc) is 3.21. The zero-order valence-electron chi connectivity index (χ0n) is 34.0. The first-order valence-electron chi connectivity index (χ1n) is 20.1. The largest absolute Gasteiger partial charge is 0.492 e. The highest BCUT2D eigenvalue weighted by Gasteiger charge is 2.23. The average molecular weight is 864 g/mol. The molecule has 1 aliphatic rings. The van der Waals surface area contributed by atoms with Gasteiger partial charge in [0, 0.05) is 77.9 Å². The summed E-state index contributed by atoms with van der Waals surface area (Å²) in [5.41, 5.74) is 1.12. The number of ether oxygens (including phenoxy) is 5. The topological polar surface area (TPSA) is 169 Å². The van der Waals surface area contributed by atoms with Crippen molar-refractivity contribution < 1.29 is 42.9 Å². The second-order valence-electron chi connectivity index (χ2n) is 13.4. The summed E-state index contributed by atoms with van der Waals surface area (Å²) in [5, 5.41) is 12.7. The lowest BCUT2D eigenvalue weighted by Gasteiger charge is -2.24. The van der Waals surface area contributed by atoms with Crippen LogP contribution >= 0.6 is 15.9 Å². The van der Waals surface area contributed by atoms with Crippen LogP contribution in [0.3, 0.4) is 0 Å². The van der Waals surface area contributed by atoms with E-state index in [1.807, 2.05) is 13.8 Å². The Morgan fingerprint density at radius 2 is 0.912 bits per heavy atom. The van der Waals surface area contributed by atoms with Gasteiger partial charge in [0.2, 0.25) is 0 Å². The van der Waals surface area contributed by atoms with Crippen LogP contribution in [0.1, 0.15) is 81.0 Å². The summed E-state index contributed by atoms with van der Waals surface area (Å²) >= 11 is 3.51.